The first-order chi connectivity index (χ1) is 7.22. The summed E-state index contributed by atoms with van der Waals surface area (Å²) in [5.74, 6) is 0.506. The van der Waals surface area contributed by atoms with E-state index < -0.39 is 0 Å². The molecule has 1 aromatic heterocycles. The Morgan fingerprint density at radius 1 is 1.33 bits per heavy atom. The first-order valence-electron chi connectivity index (χ1n) is 4.91. The molecule has 0 aliphatic heterocycles. The van der Waals surface area contributed by atoms with Crippen LogP contribution in [0.3, 0.4) is 0 Å². The molecular formula is C10H17N3O2. The lowest BCUT2D eigenvalue weighted by Gasteiger charge is -2.09. The van der Waals surface area contributed by atoms with Gasteiger partial charge < -0.3 is 14.7 Å². The van der Waals surface area contributed by atoms with Crippen LogP contribution < -0.4 is 4.74 Å². The summed E-state index contributed by atoms with van der Waals surface area (Å²) in [5, 5.41) is 8.75. The Labute approximate surface area is 89.7 Å². The van der Waals surface area contributed by atoms with Gasteiger partial charge in [0.05, 0.1) is 31.3 Å². The highest BCUT2D eigenvalue weighted by Gasteiger charge is 1.97. The lowest BCUT2D eigenvalue weighted by atomic mass is 10.4. The highest BCUT2D eigenvalue weighted by Crippen LogP contribution is 2.04. The molecule has 0 fully saturated rings. The Bertz CT molecular complexity index is 275. The minimum absolute atomic E-state index is 0.0894. The Morgan fingerprint density at radius 2 is 2.13 bits per heavy atom. The largest absolute Gasteiger partial charge is 0.477 e. The zero-order chi connectivity index (χ0) is 11.1. The van der Waals surface area contributed by atoms with Crippen LogP contribution in [-0.4, -0.2) is 47.2 Å². The number of rotatable bonds is 6. The van der Waals surface area contributed by atoms with Gasteiger partial charge in [-0.3, -0.25) is 4.98 Å². The fourth-order valence-electron chi connectivity index (χ4n) is 1.06. The van der Waals surface area contributed by atoms with Gasteiger partial charge in [-0.1, -0.05) is 0 Å². The number of aliphatic hydroxyl groups is 1. The van der Waals surface area contributed by atoms with Crippen LogP contribution in [0.2, 0.25) is 0 Å². The molecule has 0 aliphatic carbocycles. The maximum absolute atomic E-state index is 8.75. The van der Waals surface area contributed by atoms with Crippen LogP contribution in [0.5, 0.6) is 5.88 Å². The lowest BCUT2D eigenvalue weighted by molar-refractivity contribution is 0.265. The van der Waals surface area contributed by atoms with Gasteiger partial charge in [0.1, 0.15) is 0 Å². The van der Waals surface area contributed by atoms with Gasteiger partial charge in [-0.05, 0) is 20.5 Å². The second-order valence-corrected chi connectivity index (χ2v) is 3.51. The number of hydrogen-bond acceptors (Lipinski definition) is 5. The Morgan fingerprint density at radius 3 is 2.67 bits per heavy atom. The molecular weight excluding hydrogens is 194 g/mol. The van der Waals surface area contributed by atoms with Gasteiger partial charge >= 0.3 is 0 Å². The summed E-state index contributed by atoms with van der Waals surface area (Å²) in [7, 11) is 4.05. The van der Waals surface area contributed by atoms with E-state index in [4.69, 9.17) is 9.84 Å². The van der Waals surface area contributed by atoms with E-state index in [0.29, 0.717) is 18.2 Å². The van der Waals surface area contributed by atoms with Crippen LogP contribution in [0.15, 0.2) is 12.4 Å². The molecule has 15 heavy (non-hydrogen) atoms. The molecule has 0 aromatic carbocycles. The topological polar surface area (TPSA) is 58.5 Å². The monoisotopic (exact) mass is 211 g/mol. The van der Waals surface area contributed by atoms with Gasteiger partial charge in [-0.2, -0.15) is 0 Å². The van der Waals surface area contributed by atoms with E-state index in [2.05, 4.69) is 14.9 Å². The van der Waals surface area contributed by atoms with E-state index in [1.807, 2.05) is 14.1 Å². The summed E-state index contributed by atoms with van der Waals surface area (Å²) < 4.78 is 5.37. The van der Waals surface area contributed by atoms with Crippen molar-refractivity contribution in [2.45, 2.75) is 13.0 Å². The predicted molar refractivity (Wildman–Crippen MR) is 56.6 cm³/mol. The van der Waals surface area contributed by atoms with Crippen molar-refractivity contribution in [1.82, 2.24) is 14.9 Å². The van der Waals surface area contributed by atoms with Gasteiger partial charge in [0.25, 0.3) is 0 Å². The zero-order valence-corrected chi connectivity index (χ0v) is 9.18. The second-order valence-electron chi connectivity index (χ2n) is 3.51. The van der Waals surface area contributed by atoms with Crippen molar-refractivity contribution in [3.05, 3.63) is 18.1 Å². The van der Waals surface area contributed by atoms with E-state index in [0.717, 1.165) is 13.0 Å². The molecule has 5 nitrogen and oxygen atoms in total. The van der Waals surface area contributed by atoms with Crippen LogP contribution in [0.1, 0.15) is 12.1 Å². The summed E-state index contributed by atoms with van der Waals surface area (Å²) in [6, 6.07) is 0. The molecule has 0 aliphatic rings. The van der Waals surface area contributed by atoms with Gasteiger partial charge in [0.2, 0.25) is 5.88 Å². The van der Waals surface area contributed by atoms with Crippen molar-refractivity contribution in [1.29, 1.82) is 0 Å². The summed E-state index contributed by atoms with van der Waals surface area (Å²) in [6.07, 6.45) is 4.00. The smallest absolute Gasteiger partial charge is 0.232 e. The zero-order valence-electron chi connectivity index (χ0n) is 9.18. The molecule has 0 atom stereocenters. The van der Waals surface area contributed by atoms with Crippen LogP contribution in [0.4, 0.5) is 0 Å². The van der Waals surface area contributed by atoms with Crippen LogP contribution in [0.25, 0.3) is 0 Å². The number of nitrogens with zero attached hydrogens (tertiary/aromatic N) is 3. The molecule has 0 spiro atoms. The van der Waals surface area contributed by atoms with Crippen molar-refractivity contribution >= 4 is 0 Å². The number of aromatic nitrogens is 2. The molecule has 1 N–H and O–H groups in total. The van der Waals surface area contributed by atoms with Gasteiger partial charge in [-0.15, -0.1) is 0 Å². The van der Waals surface area contributed by atoms with Crippen LogP contribution >= 0.6 is 0 Å². The van der Waals surface area contributed by atoms with E-state index in [1.165, 1.54) is 12.4 Å². The van der Waals surface area contributed by atoms with Crippen molar-refractivity contribution in [2.75, 3.05) is 27.2 Å². The average Bonchev–Trinajstić information content (AvgIpc) is 2.25. The fourth-order valence-corrected chi connectivity index (χ4v) is 1.06. The molecule has 5 heteroatoms. The molecule has 0 saturated carbocycles. The summed E-state index contributed by atoms with van der Waals surface area (Å²) in [4.78, 5) is 10.1. The molecule has 0 bridgehead atoms. The molecule has 1 heterocycles. The lowest BCUT2D eigenvalue weighted by Crippen LogP contribution is -2.15. The van der Waals surface area contributed by atoms with Crippen LogP contribution in [-0.2, 0) is 6.61 Å². The third-order valence-electron chi connectivity index (χ3n) is 1.84. The summed E-state index contributed by atoms with van der Waals surface area (Å²) in [6.45, 7) is 1.53. The van der Waals surface area contributed by atoms with E-state index in [1.54, 1.807) is 0 Å². The fraction of sp³-hybridized carbons (Fsp3) is 0.600. The van der Waals surface area contributed by atoms with Gasteiger partial charge in [0, 0.05) is 6.54 Å². The van der Waals surface area contributed by atoms with E-state index >= 15 is 0 Å². The van der Waals surface area contributed by atoms with E-state index in [9.17, 15) is 0 Å². The highest BCUT2D eigenvalue weighted by atomic mass is 16.5. The average molecular weight is 211 g/mol. The standard InChI is InChI=1S/C10H17N3O2/c1-13(2)4-3-5-15-10-7-11-9(8-14)6-12-10/h6-7,14H,3-5,8H2,1-2H3. The first-order valence-corrected chi connectivity index (χ1v) is 4.91. The van der Waals surface area contributed by atoms with E-state index in [-0.39, 0.29) is 6.61 Å². The number of ether oxygens (including phenoxy) is 1. The number of aliphatic hydroxyl groups excluding tert-OH is 1. The van der Waals surface area contributed by atoms with Crippen molar-refractivity contribution in [3.63, 3.8) is 0 Å². The van der Waals surface area contributed by atoms with Crippen molar-refractivity contribution < 1.29 is 9.84 Å². The third kappa shape index (κ3) is 4.71. The first kappa shape index (κ1) is 11.9. The molecule has 1 aromatic rings. The molecule has 84 valence electrons. The highest BCUT2D eigenvalue weighted by molar-refractivity contribution is 5.06. The summed E-state index contributed by atoms with van der Waals surface area (Å²) >= 11 is 0. The Kier molecular flexibility index (Phi) is 5.00. The maximum Gasteiger partial charge on any atom is 0.232 e. The van der Waals surface area contributed by atoms with Crippen molar-refractivity contribution in [3.8, 4) is 5.88 Å². The predicted octanol–water partition coefficient (Wildman–Crippen LogP) is 0.299. The second kappa shape index (κ2) is 6.31. The molecule has 0 radical (unpaired) electrons. The Hall–Kier alpha value is -1.20. The van der Waals surface area contributed by atoms with Gasteiger partial charge in [0.15, 0.2) is 0 Å². The van der Waals surface area contributed by atoms with Crippen molar-refractivity contribution in [2.24, 2.45) is 0 Å². The number of hydrogen-bond donors (Lipinski definition) is 1. The minimum Gasteiger partial charge on any atom is -0.477 e. The molecule has 1 rings (SSSR count). The SMILES string of the molecule is CN(C)CCCOc1cnc(CO)cn1. The van der Waals surface area contributed by atoms with Crippen LogP contribution in [0, 0.1) is 0 Å². The molecule has 0 unspecified atom stereocenters. The minimum atomic E-state index is -0.0894. The third-order valence-corrected chi connectivity index (χ3v) is 1.84. The normalized spacial score (nSPS) is 10.7. The Balaban J connectivity index is 2.25. The molecule has 0 amide bonds. The maximum atomic E-state index is 8.75. The molecule has 0 saturated heterocycles. The van der Waals surface area contributed by atoms with Gasteiger partial charge in [-0.25, -0.2) is 4.98 Å². The summed E-state index contributed by atoms with van der Waals surface area (Å²) in [5.41, 5.74) is 0.552. The quantitative estimate of drug-likeness (QED) is 0.686.